The molecule has 170 valence electrons. The van der Waals surface area contributed by atoms with Crippen LogP contribution in [-0.2, 0) is 15.4 Å². The first-order valence-electron chi connectivity index (χ1n) is 10.8. The van der Waals surface area contributed by atoms with Crippen molar-refractivity contribution in [1.29, 1.82) is 0 Å². The Morgan fingerprint density at radius 3 is 2.38 bits per heavy atom. The summed E-state index contributed by atoms with van der Waals surface area (Å²) in [5, 5.41) is 4.10. The van der Waals surface area contributed by atoms with Crippen molar-refractivity contribution >= 4 is 10.0 Å². The van der Waals surface area contributed by atoms with E-state index >= 15 is 0 Å². The molecule has 0 saturated carbocycles. The van der Waals surface area contributed by atoms with Crippen molar-refractivity contribution in [2.75, 3.05) is 20.2 Å². The average molecular weight is 456 g/mol. The monoisotopic (exact) mass is 455 g/mol. The first-order chi connectivity index (χ1) is 15.2. The first kappa shape index (κ1) is 22.5. The normalized spacial score (nSPS) is 17.9. The van der Waals surface area contributed by atoms with Gasteiger partial charge in [0.25, 0.3) is 0 Å². The van der Waals surface area contributed by atoms with Gasteiger partial charge in [0.1, 0.15) is 5.75 Å². The minimum absolute atomic E-state index is 0.0297. The number of methoxy groups -OCH3 is 1. The topological polar surface area (TPSA) is 85.5 Å². The van der Waals surface area contributed by atoms with Gasteiger partial charge in [-0.3, -0.25) is 0 Å². The standard InChI is InChI=1S/C24H29N3O4S/c1-24(2,3)19-9-13-21(14-10-19)32(28,29)27-15-5-6-18(16-27)23-25-22(26-31-23)17-7-11-20(30-4)12-8-17/h7-14,18H,5-6,15-16H2,1-4H3/t18-/m0/s1. The Bertz CT molecular complexity index is 1160. The fourth-order valence-corrected chi connectivity index (χ4v) is 5.42. The van der Waals surface area contributed by atoms with Crippen LogP contribution in [0.1, 0.15) is 51.0 Å². The van der Waals surface area contributed by atoms with Crippen LogP contribution in [-0.4, -0.2) is 43.1 Å². The SMILES string of the molecule is COc1ccc(-c2noc([C@H]3CCCN(S(=O)(=O)c4ccc(C(C)(C)C)cc4)C3)n2)cc1. The smallest absolute Gasteiger partial charge is 0.243 e. The van der Waals surface area contributed by atoms with Crippen molar-refractivity contribution in [3.63, 3.8) is 0 Å². The van der Waals surface area contributed by atoms with Gasteiger partial charge in [-0.1, -0.05) is 38.1 Å². The molecule has 3 aromatic rings. The molecule has 4 rings (SSSR count). The molecule has 7 nitrogen and oxygen atoms in total. The number of nitrogens with zero attached hydrogens (tertiary/aromatic N) is 3. The second-order valence-corrected chi connectivity index (χ2v) is 11.1. The molecule has 2 aromatic carbocycles. The van der Waals surface area contributed by atoms with E-state index in [-0.39, 0.29) is 11.3 Å². The van der Waals surface area contributed by atoms with Crippen LogP contribution in [0.4, 0.5) is 0 Å². The van der Waals surface area contributed by atoms with Gasteiger partial charge in [-0.05, 0) is 60.2 Å². The van der Waals surface area contributed by atoms with Crippen LogP contribution in [0.15, 0.2) is 57.9 Å². The lowest BCUT2D eigenvalue weighted by Gasteiger charge is -2.30. The summed E-state index contributed by atoms with van der Waals surface area (Å²) in [4.78, 5) is 4.86. The van der Waals surface area contributed by atoms with Gasteiger partial charge in [-0.2, -0.15) is 9.29 Å². The molecule has 8 heteroatoms. The van der Waals surface area contributed by atoms with Crippen LogP contribution in [0.2, 0.25) is 0 Å². The maximum absolute atomic E-state index is 13.3. The molecule has 0 spiro atoms. The molecule has 32 heavy (non-hydrogen) atoms. The number of sulfonamides is 1. The summed E-state index contributed by atoms with van der Waals surface area (Å²) in [7, 11) is -1.97. The van der Waals surface area contributed by atoms with Gasteiger partial charge in [0.2, 0.25) is 21.7 Å². The lowest BCUT2D eigenvalue weighted by molar-refractivity contribution is 0.265. The number of hydrogen-bond acceptors (Lipinski definition) is 6. The molecular formula is C24H29N3O4S. The van der Waals surface area contributed by atoms with Crippen LogP contribution < -0.4 is 4.74 Å². The van der Waals surface area contributed by atoms with Crippen LogP contribution in [0, 0.1) is 0 Å². The molecule has 0 aliphatic carbocycles. The Labute approximate surface area is 189 Å². The summed E-state index contributed by atoms with van der Waals surface area (Å²) < 4.78 is 38.8. The van der Waals surface area contributed by atoms with E-state index in [0.29, 0.717) is 29.7 Å². The summed E-state index contributed by atoms with van der Waals surface area (Å²) in [5.74, 6) is 1.58. The Kier molecular flexibility index (Phi) is 6.09. The third-order valence-corrected chi connectivity index (χ3v) is 7.76. The second-order valence-electron chi connectivity index (χ2n) is 9.16. The van der Waals surface area contributed by atoms with Gasteiger partial charge in [-0.15, -0.1) is 0 Å². The maximum atomic E-state index is 13.3. The van der Waals surface area contributed by atoms with E-state index in [2.05, 4.69) is 30.9 Å². The Balaban J connectivity index is 1.51. The lowest BCUT2D eigenvalue weighted by Crippen LogP contribution is -2.39. The molecule has 1 saturated heterocycles. The molecule has 0 radical (unpaired) electrons. The molecule has 0 amide bonds. The highest BCUT2D eigenvalue weighted by atomic mass is 32.2. The van der Waals surface area contributed by atoms with E-state index in [1.165, 1.54) is 4.31 Å². The second kappa shape index (κ2) is 8.67. The third-order valence-electron chi connectivity index (χ3n) is 5.88. The number of ether oxygens (including phenoxy) is 1. The lowest BCUT2D eigenvalue weighted by atomic mass is 9.87. The van der Waals surface area contributed by atoms with Crippen molar-refractivity contribution in [2.24, 2.45) is 0 Å². The predicted molar refractivity (Wildman–Crippen MR) is 122 cm³/mol. The van der Waals surface area contributed by atoms with Crippen LogP contribution in [0.5, 0.6) is 5.75 Å². The molecule has 1 aliphatic heterocycles. The van der Waals surface area contributed by atoms with E-state index in [4.69, 9.17) is 9.26 Å². The molecule has 1 fully saturated rings. The van der Waals surface area contributed by atoms with Crippen LogP contribution >= 0.6 is 0 Å². The molecule has 1 aliphatic rings. The van der Waals surface area contributed by atoms with Gasteiger partial charge in [0, 0.05) is 18.7 Å². The Hall–Kier alpha value is -2.71. The summed E-state index contributed by atoms with van der Waals surface area (Å²) in [5.41, 5.74) is 1.89. The number of piperidine rings is 1. The molecule has 1 aromatic heterocycles. The number of rotatable bonds is 5. The highest BCUT2D eigenvalue weighted by Crippen LogP contribution is 2.31. The highest BCUT2D eigenvalue weighted by Gasteiger charge is 2.33. The summed E-state index contributed by atoms with van der Waals surface area (Å²) >= 11 is 0. The van der Waals surface area contributed by atoms with Crippen molar-refractivity contribution in [3.05, 3.63) is 60.0 Å². The number of benzene rings is 2. The minimum Gasteiger partial charge on any atom is -0.497 e. The van der Waals surface area contributed by atoms with Gasteiger partial charge >= 0.3 is 0 Å². The van der Waals surface area contributed by atoms with Crippen LogP contribution in [0.3, 0.4) is 0 Å². The van der Waals surface area contributed by atoms with Gasteiger partial charge in [-0.25, -0.2) is 8.42 Å². The van der Waals surface area contributed by atoms with E-state index in [0.717, 1.165) is 29.7 Å². The zero-order valence-corrected chi connectivity index (χ0v) is 19.7. The largest absolute Gasteiger partial charge is 0.497 e. The molecule has 1 atom stereocenters. The summed E-state index contributed by atoms with van der Waals surface area (Å²) in [6.07, 6.45) is 1.55. The van der Waals surface area contributed by atoms with Crippen molar-refractivity contribution in [2.45, 2.75) is 49.8 Å². The van der Waals surface area contributed by atoms with Crippen LogP contribution in [0.25, 0.3) is 11.4 Å². The predicted octanol–water partition coefficient (Wildman–Crippen LogP) is 4.61. The average Bonchev–Trinajstić information content (AvgIpc) is 3.29. The maximum Gasteiger partial charge on any atom is 0.243 e. The number of hydrogen-bond donors (Lipinski definition) is 0. The van der Waals surface area contributed by atoms with Gasteiger partial charge in [0.15, 0.2) is 0 Å². The first-order valence-corrected chi connectivity index (χ1v) is 12.2. The Morgan fingerprint density at radius 2 is 1.75 bits per heavy atom. The highest BCUT2D eigenvalue weighted by molar-refractivity contribution is 7.89. The quantitative estimate of drug-likeness (QED) is 0.558. The summed E-state index contributed by atoms with van der Waals surface area (Å²) in [6.45, 7) is 7.13. The van der Waals surface area contributed by atoms with E-state index in [9.17, 15) is 8.42 Å². The Morgan fingerprint density at radius 1 is 1.06 bits per heavy atom. The fourth-order valence-electron chi connectivity index (χ4n) is 3.90. The zero-order chi connectivity index (χ0) is 22.9. The van der Waals surface area contributed by atoms with Gasteiger partial charge < -0.3 is 9.26 Å². The zero-order valence-electron chi connectivity index (χ0n) is 18.9. The summed E-state index contributed by atoms with van der Waals surface area (Å²) in [6, 6.07) is 14.6. The van der Waals surface area contributed by atoms with Crippen molar-refractivity contribution < 1.29 is 17.7 Å². The molecule has 2 heterocycles. The fraction of sp³-hybridized carbons (Fsp3) is 0.417. The molecule has 0 unspecified atom stereocenters. The molecular weight excluding hydrogens is 426 g/mol. The van der Waals surface area contributed by atoms with E-state index in [1.54, 1.807) is 19.2 Å². The molecule has 0 bridgehead atoms. The third kappa shape index (κ3) is 4.56. The van der Waals surface area contributed by atoms with E-state index in [1.807, 2.05) is 36.4 Å². The van der Waals surface area contributed by atoms with Crippen molar-refractivity contribution in [1.82, 2.24) is 14.4 Å². The number of aromatic nitrogens is 2. The van der Waals surface area contributed by atoms with E-state index < -0.39 is 10.0 Å². The van der Waals surface area contributed by atoms with Crippen molar-refractivity contribution in [3.8, 4) is 17.1 Å². The minimum atomic E-state index is -3.59. The molecule has 0 N–H and O–H groups in total. The van der Waals surface area contributed by atoms with Gasteiger partial charge in [0.05, 0.1) is 17.9 Å².